The van der Waals surface area contributed by atoms with Crippen LogP contribution in [0, 0.1) is 0 Å². The highest BCUT2D eigenvalue weighted by atomic mass is 79.9. The molecule has 0 fully saturated rings. The predicted octanol–water partition coefficient (Wildman–Crippen LogP) is 2.99. The zero-order valence-electron chi connectivity index (χ0n) is 5.93. The van der Waals surface area contributed by atoms with Gasteiger partial charge in [0.05, 0.1) is 5.01 Å². The molecule has 0 atom stereocenters. The van der Waals surface area contributed by atoms with Gasteiger partial charge in [0.2, 0.25) is 0 Å². The minimum atomic E-state index is 0.939. The van der Waals surface area contributed by atoms with Crippen molar-refractivity contribution in [2.24, 2.45) is 0 Å². The SMILES string of the molecule is CCCc1ncc(CBr)s1. The minimum Gasteiger partial charge on any atom is -0.249 e. The molecule has 10 heavy (non-hydrogen) atoms. The lowest BCUT2D eigenvalue weighted by molar-refractivity contribution is 0.909. The van der Waals surface area contributed by atoms with Crippen LogP contribution in [0.1, 0.15) is 23.2 Å². The summed E-state index contributed by atoms with van der Waals surface area (Å²) in [5.41, 5.74) is 0. The number of alkyl halides is 1. The zero-order valence-corrected chi connectivity index (χ0v) is 8.33. The molecule has 0 amide bonds. The second-order valence-electron chi connectivity index (χ2n) is 2.10. The van der Waals surface area contributed by atoms with Crippen LogP contribution < -0.4 is 0 Å². The lowest BCUT2D eigenvalue weighted by Gasteiger charge is -1.85. The number of halogens is 1. The summed E-state index contributed by atoms with van der Waals surface area (Å²) in [7, 11) is 0. The third-order valence-corrected chi connectivity index (χ3v) is 3.23. The molecule has 0 spiro atoms. The van der Waals surface area contributed by atoms with Crippen LogP contribution in [0.4, 0.5) is 0 Å². The van der Waals surface area contributed by atoms with Crippen molar-refractivity contribution in [2.45, 2.75) is 25.1 Å². The predicted molar refractivity (Wildman–Crippen MR) is 48.7 cm³/mol. The molecule has 0 aliphatic heterocycles. The molecule has 56 valence electrons. The normalized spacial score (nSPS) is 10.2. The smallest absolute Gasteiger partial charge is 0.0927 e. The van der Waals surface area contributed by atoms with Gasteiger partial charge in [0.15, 0.2) is 0 Å². The van der Waals surface area contributed by atoms with Gasteiger partial charge in [0.25, 0.3) is 0 Å². The van der Waals surface area contributed by atoms with E-state index in [0.717, 1.165) is 11.8 Å². The second-order valence-corrected chi connectivity index (χ2v) is 3.86. The molecule has 1 aromatic heterocycles. The van der Waals surface area contributed by atoms with Crippen molar-refractivity contribution in [1.82, 2.24) is 4.98 Å². The maximum Gasteiger partial charge on any atom is 0.0927 e. The van der Waals surface area contributed by atoms with Crippen LogP contribution >= 0.6 is 27.3 Å². The van der Waals surface area contributed by atoms with Crippen LogP contribution in [0.3, 0.4) is 0 Å². The average Bonchev–Trinajstić information content (AvgIpc) is 2.37. The Morgan fingerprint density at radius 1 is 1.70 bits per heavy atom. The molecule has 0 aliphatic rings. The minimum absolute atomic E-state index is 0.939. The summed E-state index contributed by atoms with van der Waals surface area (Å²) in [6.07, 6.45) is 4.26. The topological polar surface area (TPSA) is 12.9 Å². The first kappa shape index (κ1) is 8.21. The first-order valence-corrected chi connectivity index (χ1v) is 5.30. The first-order valence-electron chi connectivity index (χ1n) is 3.36. The van der Waals surface area contributed by atoms with Crippen molar-refractivity contribution >= 4 is 27.3 Å². The molecule has 1 rings (SSSR count). The molecule has 0 saturated carbocycles. The summed E-state index contributed by atoms with van der Waals surface area (Å²) in [4.78, 5) is 5.59. The molecule has 0 unspecified atom stereocenters. The fraction of sp³-hybridized carbons (Fsp3) is 0.571. The van der Waals surface area contributed by atoms with Crippen LogP contribution in [-0.4, -0.2) is 4.98 Å². The summed E-state index contributed by atoms with van der Waals surface area (Å²) in [6.45, 7) is 2.18. The Bertz CT molecular complexity index is 197. The van der Waals surface area contributed by atoms with Gasteiger partial charge in [-0.2, -0.15) is 0 Å². The van der Waals surface area contributed by atoms with Crippen molar-refractivity contribution < 1.29 is 0 Å². The third kappa shape index (κ3) is 2.06. The summed E-state index contributed by atoms with van der Waals surface area (Å²) in [5, 5.41) is 2.20. The number of aromatic nitrogens is 1. The van der Waals surface area contributed by atoms with Crippen molar-refractivity contribution in [3.63, 3.8) is 0 Å². The standard InChI is InChI=1S/C7H10BrNS/c1-2-3-7-9-5-6(4-8)10-7/h5H,2-4H2,1H3. The van der Waals surface area contributed by atoms with Crippen LogP contribution in [0.25, 0.3) is 0 Å². The van der Waals surface area contributed by atoms with E-state index < -0.39 is 0 Å². The van der Waals surface area contributed by atoms with E-state index in [1.54, 1.807) is 11.3 Å². The summed E-state index contributed by atoms with van der Waals surface area (Å²) in [6, 6.07) is 0. The first-order chi connectivity index (χ1) is 4.86. The Labute approximate surface area is 73.6 Å². The second kappa shape index (κ2) is 4.09. The largest absolute Gasteiger partial charge is 0.249 e. The van der Waals surface area contributed by atoms with Crippen LogP contribution in [0.5, 0.6) is 0 Å². The summed E-state index contributed by atoms with van der Waals surface area (Å²) < 4.78 is 0. The Morgan fingerprint density at radius 2 is 2.50 bits per heavy atom. The number of thiazole rings is 1. The summed E-state index contributed by atoms with van der Waals surface area (Å²) in [5.74, 6) is 0. The van der Waals surface area contributed by atoms with Crippen LogP contribution in [-0.2, 0) is 11.8 Å². The van der Waals surface area contributed by atoms with Crippen molar-refractivity contribution in [3.05, 3.63) is 16.1 Å². The van der Waals surface area contributed by atoms with E-state index in [1.165, 1.54) is 16.3 Å². The van der Waals surface area contributed by atoms with Gasteiger partial charge in [-0.05, 0) is 12.8 Å². The number of nitrogens with zero attached hydrogens (tertiary/aromatic N) is 1. The van der Waals surface area contributed by atoms with Gasteiger partial charge in [0, 0.05) is 16.4 Å². The Morgan fingerprint density at radius 3 is 3.00 bits per heavy atom. The molecule has 1 heterocycles. The van der Waals surface area contributed by atoms with E-state index in [0.29, 0.717) is 0 Å². The monoisotopic (exact) mass is 219 g/mol. The summed E-state index contributed by atoms with van der Waals surface area (Å²) >= 11 is 5.19. The molecule has 0 saturated heterocycles. The van der Waals surface area contributed by atoms with Crippen LogP contribution in [0.2, 0.25) is 0 Å². The molecule has 3 heteroatoms. The molecule has 0 bridgehead atoms. The fourth-order valence-corrected chi connectivity index (χ4v) is 2.10. The maximum atomic E-state index is 4.27. The van der Waals surface area contributed by atoms with E-state index in [1.807, 2.05) is 6.20 Å². The molecule has 0 N–H and O–H groups in total. The molecule has 1 aromatic rings. The Kier molecular flexibility index (Phi) is 3.35. The molecular weight excluding hydrogens is 210 g/mol. The average molecular weight is 220 g/mol. The van der Waals surface area contributed by atoms with E-state index in [-0.39, 0.29) is 0 Å². The van der Waals surface area contributed by atoms with Crippen LogP contribution in [0.15, 0.2) is 6.20 Å². The molecule has 0 aromatic carbocycles. The van der Waals surface area contributed by atoms with E-state index in [9.17, 15) is 0 Å². The highest BCUT2D eigenvalue weighted by molar-refractivity contribution is 9.08. The van der Waals surface area contributed by atoms with Gasteiger partial charge in [-0.1, -0.05) is 22.9 Å². The van der Waals surface area contributed by atoms with Gasteiger partial charge < -0.3 is 0 Å². The van der Waals surface area contributed by atoms with Crippen molar-refractivity contribution in [2.75, 3.05) is 0 Å². The Hall–Kier alpha value is 0.110. The number of hydrogen-bond acceptors (Lipinski definition) is 2. The van der Waals surface area contributed by atoms with E-state index >= 15 is 0 Å². The maximum absolute atomic E-state index is 4.27. The molecule has 0 aliphatic carbocycles. The lowest BCUT2D eigenvalue weighted by atomic mass is 10.4. The fourth-order valence-electron chi connectivity index (χ4n) is 0.739. The zero-order chi connectivity index (χ0) is 7.40. The quantitative estimate of drug-likeness (QED) is 0.713. The molecule has 1 nitrogen and oxygen atoms in total. The highest BCUT2D eigenvalue weighted by Crippen LogP contribution is 2.16. The van der Waals surface area contributed by atoms with Crippen molar-refractivity contribution in [1.29, 1.82) is 0 Å². The van der Waals surface area contributed by atoms with E-state index in [2.05, 4.69) is 27.8 Å². The molecule has 0 radical (unpaired) electrons. The van der Waals surface area contributed by atoms with Gasteiger partial charge in [-0.25, -0.2) is 4.98 Å². The van der Waals surface area contributed by atoms with Gasteiger partial charge >= 0.3 is 0 Å². The van der Waals surface area contributed by atoms with Crippen molar-refractivity contribution in [3.8, 4) is 0 Å². The lowest BCUT2D eigenvalue weighted by Crippen LogP contribution is -1.76. The Balaban J connectivity index is 2.59. The molecular formula is C7H10BrNS. The number of rotatable bonds is 3. The third-order valence-electron chi connectivity index (χ3n) is 1.20. The number of hydrogen-bond donors (Lipinski definition) is 0. The highest BCUT2D eigenvalue weighted by Gasteiger charge is 1.97. The van der Waals surface area contributed by atoms with Gasteiger partial charge in [0.1, 0.15) is 0 Å². The van der Waals surface area contributed by atoms with Gasteiger partial charge in [-0.15, -0.1) is 11.3 Å². The van der Waals surface area contributed by atoms with Gasteiger partial charge in [-0.3, -0.25) is 0 Å². The number of aryl methyl sites for hydroxylation is 1. The van der Waals surface area contributed by atoms with E-state index in [4.69, 9.17) is 0 Å².